The predicted molar refractivity (Wildman–Crippen MR) is 124 cm³/mol. The first kappa shape index (κ1) is 18.4. The number of hydrogen-bond donors (Lipinski definition) is 0. The van der Waals surface area contributed by atoms with E-state index in [0.717, 1.165) is 22.2 Å². The third-order valence-corrected chi connectivity index (χ3v) is 5.86. The van der Waals surface area contributed by atoms with Gasteiger partial charge in [0.05, 0.1) is 10.6 Å². The van der Waals surface area contributed by atoms with E-state index in [1.165, 1.54) is 11.8 Å². The van der Waals surface area contributed by atoms with Gasteiger partial charge in [-0.25, -0.2) is 9.98 Å². The van der Waals surface area contributed by atoms with Crippen molar-refractivity contribution in [3.63, 3.8) is 0 Å². The minimum absolute atomic E-state index is 0.0891. The number of anilines is 1. The van der Waals surface area contributed by atoms with Crippen LogP contribution in [-0.4, -0.2) is 20.6 Å². The second-order valence-electron chi connectivity index (χ2n) is 6.88. The van der Waals surface area contributed by atoms with Crippen LogP contribution in [0.5, 0.6) is 0 Å². The first-order chi connectivity index (χ1) is 14.7. The van der Waals surface area contributed by atoms with Gasteiger partial charge in [0.15, 0.2) is 11.0 Å². The minimum Gasteiger partial charge on any atom is -0.350 e. The van der Waals surface area contributed by atoms with Crippen molar-refractivity contribution in [2.45, 2.75) is 0 Å². The van der Waals surface area contributed by atoms with Crippen molar-refractivity contribution in [1.29, 1.82) is 0 Å². The molecule has 1 aliphatic heterocycles. The maximum Gasteiger partial charge on any atom is 0.271 e. The van der Waals surface area contributed by atoms with Crippen molar-refractivity contribution >= 4 is 51.3 Å². The quantitative estimate of drug-likeness (QED) is 0.426. The molecule has 146 valence electrons. The Labute approximate surface area is 178 Å². The lowest BCUT2D eigenvalue weighted by Crippen LogP contribution is -2.28. The number of thioether (sulfide) groups is 1. The predicted octanol–water partition coefficient (Wildman–Crippen LogP) is 5.38. The number of benzene rings is 2. The normalized spacial score (nSPS) is 16.8. The Bertz CT molecular complexity index is 1290. The molecule has 0 N–H and O–H groups in total. The summed E-state index contributed by atoms with van der Waals surface area (Å²) in [5, 5.41) is 1.71. The van der Waals surface area contributed by atoms with E-state index in [0.29, 0.717) is 15.9 Å². The lowest BCUT2D eigenvalue weighted by Gasteiger charge is -2.15. The van der Waals surface area contributed by atoms with Gasteiger partial charge in [0.2, 0.25) is 0 Å². The van der Waals surface area contributed by atoms with Crippen LogP contribution in [0.25, 0.3) is 17.0 Å². The van der Waals surface area contributed by atoms with Gasteiger partial charge in [0.1, 0.15) is 0 Å². The molecule has 6 heteroatoms. The highest BCUT2D eigenvalue weighted by Crippen LogP contribution is 2.37. The zero-order chi connectivity index (χ0) is 20.5. The smallest absolute Gasteiger partial charge is 0.271 e. The second-order valence-corrected chi connectivity index (χ2v) is 7.89. The van der Waals surface area contributed by atoms with E-state index in [9.17, 15) is 4.79 Å². The zero-order valence-electron chi connectivity index (χ0n) is 16.3. The maximum absolute atomic E-state index is 13.4. The highest BCUT2D eigenvalue weighted by molar-refractivity contribution is 8.19. The summed E-state index contributed by atoms with van der Waals surface area (Å²) in [7, 11) is 2.01. The summed E-state index contributed by atoms with van der Waals surface area (Å²) < 4.78 is 2.07. The van der Waals surface area contributed by atoms with Crippen molar-refractivity contribution in [2.24, 2.45) is 12.0 Å². The molecule has 0 unspecified atom stereocenters. The molecule has 5 rings (SSSR count). The molecule has 1 saturated heterocycles. The standard InChI is InChI=1S/C24H18N4OS/c1-27-16-17(19-11-5-6-12-20(19)27)15-21-23(29)28(18-9-3-2-4-10-18)24(30-21)26-22-13-7-8-14-25-22/h2-16H,1H3/b21-15-,26-24+. The van der Waals surface area contributed by atoms with Crippen LogP contribution in [0.2, 0.25) is 0 Å². The van der Waals surface area contributed by atoms with Crippen LogP contribution in [-0.2, 0) is 11.8 Å². The molecule has 2 aromatic carbocycles. The van der Waals surface area contributed by atoms with Gasteiger partial charge in [0.25, 0.3) is 5.91 Å². The largest absolute Gasteiger partial charge is 0.350 e. The molecule has 1 fully saturated rings. The van der Waals surface area contributed by atoms with E-state index < -0.39 is 0 Å². The fourth-order valence-corrected chi connectivity index (χ4v) is 4.48. The van der Waals surface area contributed by atoms with Gasteiger partial charge in [-0.1, -0.05) is 42.5 Å². The van der Waals surface area contributed by atoms with Crippen LogP contribution in [0, 0.1) is 0 Å². The summed E-state index contributed by atoms with van der Waals surface area (Å²) in [4.78, 5) is 24.6. The Balaban J connectivity index is 1.61. The molecule has 1 aliphatic rings. The Morgan fingerprint density at radius 1 is 0.967 bits per heavy atom. The summed E-state index contributed by atoms with van der Waals surface area (Å²) in [5.41, 5.74) is 2.92. The average Bonchev–Trinajstić information content (AvgIpc) is 3.26. The molecule has 2 aromatic heterocycles. The lowest BCUT2D eigenvalue weighted by atomic mass is 10.1. The molecule has 0 aliphatic carbocycles. The van der Waals surface area contributed by atoms with Gasteiger partial charge in [-0.2, -0.15) is 0 Å². The topological polar surface area (TPSA) is 50.5 Å². The SMILES string of the molecule is Cn1cc(/C=C2\S/C(=N/c3ccccn3)N(c3ccccc3)C2=O)c2ccccc21. The minimum atomic E-state index is -0.0891. The number of pyridine rings is 1. The van der Waals surface area contributed by atoms with E-state index in [4.69, 9.17) is 0 Å². The molecule has 0 bridgehead atoms. The number of aromatic nitrogens is 2. The number of amides is 1. The van der Waals surface area contributed by atoms with E-state index in [1.54, 1.807) is 11.1 Å². The summed E-state index contributed by atoms with van der Waals surface area (Å²) in [6, 6.07) is 23.3. The summed E-state index contributed by atoms with van der Waals surface area (Å²) in [5.74, 6) is 0.481. The fraction of sp³-hybridized carbons (Fsp3) is 0.0417. The highest BCUT2D eigenvalue weighted by atomic mass is 32.2. The Morgan fingerprint density at radius 2 is 1.73 bits per heavy atom. The molecule has 0 spiro atoms. The van der Waals surface area contributed by atoms with Crippen molar-refractivity contribution in [1.82, 2.24) is 9.55 Å². The van der Waals surface area contributed by atoms with E-state index in [-0.39, 0.29) is 5.91 Å². The monoisotopic (exact) mass is 410 g/mol. The molecule has 3 heterocycles. The van der Waals surface area contributed by atoms with Gasteiger partial charge >= 0.3 is 0 Å². The van der Waals surface area contributed by atoms with E-state index in [2.05, 4.69) is 26.7 Å². The van der Waals surface area contributed by atoms with E-state index >= 15 is 0 Å². The van der Waals surface area contributed by atoms with Gasteiger partial charge in [0, 0.05) is 35.9 Å². The first-order valence-corrected chi connectivity index (χ1v) is 10.4. The third-order valence-electron chi connectivity index (χ3n) is 4.89. The Kier molecular flexibility index (Phi) is 4.69. The van der Waals surface area contributed by atoms with Crippen molar-refractivity contribution in [2.75, 3.05) is 4.90 Å². The molecule has 0 saturated carbocycles. The Hall–Kier alpha value is -3.64. The first-order valence-electron chi connectivity index (χ1n) is 9.53. The number of para-hydroxylation sites is 2. The van der Waals surface area contributed by atoms with Crippen LogP contribution < -0.4 is 4.90 Å². The number of aryl methyl sites for hydroxylation is 1. The second kappa shape index (κ2) is 7.65. The van der Waals surface area contributed by atoms with Crippen LogP contribution in [0.4, 0.5) is 11.5 Å². The number of nitrogens with zero attached hydrogens (tertiary/aromatic N) is 4. The molecular formula is C24H18N4OS. The number of aliphatic imine (C=N–C) groups is 1. The molecule has 4 aromatic rings. The number of rotatable bonds is 3. The summed E-state index contributed by atoms with van der Waals surface area (Å²) in [6.07, 6.45) is 5.69. The zero-order valence-corrected chi connectivity index (χ0v) is 17.1. The molecule has 0 radical (unpaired) electrons. The molecule has 0 atom stereocenters. The van der Waals surface area contributed by atoms with Crippen molar-refractivity contribution in [3.05, 3.63) is 95.7 Å². The molecular weight excluding hydrogens is 392 g/mol. The van der Waals surface area contributed by atoms with Gasteiger partial charge < -0.3 is 4.57 Å². The van der Waals surface area contributed by atoms with Gasteiger partial charge in [-0.3, -0.25) is 9.69 Å². The Morgan fingerprint density at radius 3 is 2.53 bits per heavy atom. The van der Waals surface area contributed by atoms with E-state index in [1.807, 2.05) is 80.0 Å². The summed E-state index contributed by atoms with van der Waals surface area (Å²) in [6.45, 7) is 0. The average molecular weight is 411 g/mol. The van der Waals surface area contributed by atoms with Crippen LogP contribution in [0.1, 0.15) is 5.56 Å². The number of hydrogen-bond acceptors (Lipinski definition) is 4. The lowest BCUT2D eigenvalue weighted by molar-refractivity contribution is -0.113. The van der Waals surface area contributed by atoms with Crippen molar-refractivity contribution < 1.29 is 4.79 Å². The third kappa shape index (κ3) is 3.31. The summed E-state index contributed by atoms with van der Waals surface area (Å²) >= 11 is 1.37. The van der Waals surface area contributed by atoms with Gasteiger partial charge in [-0.15, -0.1) is 0 Å². The van der Waals surface area contributed by atoms with Crippen LogP contribution >= 0.6 is 11.8 Å². The highest BCUT2D eigenvalue weighted by Gasteiger charge is 2.35. The van der Waals surface area contributed by atoms with Crippen molar-refractivity contribution in [3.8, 4) is 0 Å². The number of amidine groups is 1. The maximum atomic E-state index is 13.4. The number of fused-ring (bicyclic) bond motifs is 1. The molecule has 5 nitrogen and oxygen atoms in total. The number of carbonyl (C=O) groups is 1. The number of carbonyl (C=O) groups excluding carboxylic acids is 1. The van der Waals surface area contributed by atoms with Crippen LogP contribution in [0.3, 0.4) is 0 Å². The van der Waals surface area contributed by atoms with Crippen LogP contribution in [0.15, 0.2) is 95.1 Å². The molecule has 1 amide bonds. The van der Waals surface area contributed by atoms with Gasteiger partial charge in [-0.05, 0) is 48.2 Å². The molecule has 30 heavy (non-hydrogen) atoms. The fourth-order valence-electron chi connectivity index (χ4n) is 3.50.